The lowest BCUT2D eigenvalue weighted by molar-refractivity contribution is 0.666. The summed E-state index contributed by atoms with van der Waals surface area (Å²) in [6.45, 7) is 4.75. The summed E-state index contributed by atoms with van der Waals surface area (Å²) in [6.07, 6.45) is 0. The summed E-state index contributed by atoms with van der Waals surface area (Å²) in [5.74, 6) is 0. The summed E-state index contributed by atoms with van der Waals surface area (Å²) < 4.78 is 15.2. The number of fused-ring (bicyclic) bond motifs is 13. The van der Waals surface area contributed by atoms with Gasteiger partial charge in [0.1, 0.15) is 22.3 Å². The van der Waals surface area contributed by atoms with Crippen molar-refractivity contribution in [2.75, 3.05) is 0 Å². The van der Waals surface area contributed by atoms with E-state index < -0.39 is 0 Å². The van der Waals surface area contributed by atoms with Gasteiger partial charge in [-0.05, 0) is 88.0 Å². The molecule has 3 nitrogen and oxygen atoms in total. The smallest absolute Gasteiger partial charge is 0.137 e. The van der Waals surface area contributed by atoms with Crippen LogP contribution in [-0.2, 0) is 5.41 Å². The van der Waals surface area contributed by atoms with Gasteiger partial charge in [-0.1, -0.05) is 98.8 Å². The van der Waals surface area contributed by atoms with Crippen LogP contribution >= 0.6 is 0 Å². The molecular formula is C45H29NO2. The highest BCUT2D eigenvalue weighted by Gasteiger charge is 2.38. The highest BCUT2D eigenvalue weighted by Crippen LogP contribution is 2.53. The summed E-state index contributed by atoms with van der Waals surface area (Å²) in [7, 11) is 0. The van der Waals surface area contributed by atoms with E-state index in [4.69, 9.17) is 8.83 Å². The van der Waals surface area contributed by atoms with Gasteiger partial charge in [0.2, 0.25) is 0 Å². The summed E-state index contributed by atoms with van der Waals surface area (Å²) >= 11 is 0. The quantitative estimate of drug-likeness (QED) is 0.194. The van der Waals surface area contributed by atoms with Crippen molar-refractivity contribution in [1.82, 2.24) is 4.57 Å². The molecule has 0 saturated carbocycles. The largest absolute Gasteiger partial charge is 0.456 e. The number of benzene rings is 7. The lowest BCUT2D eigenvalue weighted by atomic mass is 9.80. The van der Waals surface area contributed by atoms with E-state index in [2.05, 4.69) is 146 Å². The zero-order valence-electron chi connectivity index (χ0n) is 26.5. The second kappa shape index (κ2) is 9.05. The molecule has 0 radical (unpaired) electrons. The summed E-state index contributed by atoms with van der Waals surface area (Å²) in [6, 6.07) is 50.1. The Labute approximate surface area is 276 Å². The fourth-order valence-corrected chi connectivity index (χ4v) is 8.67. The minimum Gasteiger partial charge on any atom is -0.456 e. The predicted octanol–water partition coefficient (Wildman–Crippen LogP) is 12.6. The number of hydrogen-bond donors (Lipinski definition) is 0. The van der Waals surface area contributed by atoms with Crippen LogP contribution < -0.4 is 0 Å². The van der Waals surface area contributed by atoms with Gasteiger partial charge >= 0.3 is 0 Å². The number of aromatic nitrogens is 1. The lowest BCUT2D eigenvalue weighted by Gasteiger charge is -2.22. The zero-order chi connectivity index (χ0) is 31.7. The molecule has 11 rings (SSSR count). The number of nitrogens with zero attached hydrogens (tertiary/aromatic N) is 1. The maximum absolute atomic E-state index is 6.64. The average molecular weight is 616 g/mol. The fraction of sp³-hybridized carbons (Fsp3) is 0.0667. The second-order valence-corrected chi connectivity index (χ2v) is 13.7. The minimum absolute atomic E-state index is 0.114. The minimum atomic E-state index is -0.114. The van der Waals surface area contributed by atoms with E-state index in [1.807, 2.05) is 12.1 Å². The topological polar surface area (TPSA) is 31.2 Å². The van der Waals surface area contributed by atoms with Crippen molar-refractivity contribution in [3.63, 3.8) is 0 Å². The number of para-hydroxylation sites is 2. The first kappa shape index (κ1) is 26.1. The fourth-order valence-electron chi connectivity index (χ4n) is 8.67. The van der Waals surface area contributed by atoms with Crippen LogP contribution in [0.3, 0.4) is 0 Å². The van der Waals surface area contributed by atoms with Gasteiger partial charge in [0.25, 0.3) is 0 Å². The molecular weight excluding hydrogens is 587 g/mol. The Bertz CT molecular complexity index is 2980. The van der Waals surface area contributed by atoms with Crippen molar-refractivity contribution in [3.8, 4) is 27.9 Å². The molecule has 3 heteroatoms. The Balaban J connectivity index is 1.15. The molecule has 0 saturated heterocycles. The molecule has 0 bridgehead atoms. The third kappa shape index (κ3) is 3.28. The van der Waals surface area contributed by atoms with Gasteiger partial charge in [0, 0.05) is 32.3 Å². The summed E-state index contributed by atoms with van der Waals surface area (Å²) in [5.41, 5.74) is 14.7. The van der Waals surface area contributed by atoms with Crippen molar-refractivity contribution in [3.05, 3.63) is 151 Å². The molecule has 10 aromatic rings. The Morgan fingerprint density at radius 3 is 2.12 bits per heavy atom. The van der Waals surface area contributed by atoms with Crippen LogP contribution in [0.5, 0.6) is 0 Å². The lowest BCUT2D eigenvalue weighted by Crippen LogP contribution is -2.15. The Morgan fingerprint density at radius 2 is 1.19 bits per heavy atom. The second-order valence-electron chi connectivity index (χ2n) is 13.7. The maximum Gasteiger partial charge on any atom is 0.137 e. The van der Waals surface area contributed by atoms with E-state index >= 15 is 0 Å². The molecule has 0 aliphatic heterocycles. The molecule has 0 spiro atoms. The van der Waals surface area contributed by atoms with Crippen LogP contribution in [0.2, 0.25) is 0 Å². The van der Waals surface area contributed by atoms with Crippen molar-refractivity contribution in [1.29, 1.82) is 0 Å². The molecule has 0 amide bonds. The molecule has 7 aromatic carbocycles. The Morgan fingerprint density at radius 1 is 0.458 bits per heavy atom. The van der Waals surface area contributed by atoms with Crippen LogP contribution in [0, 0.1) is 0 Å². The summed E-state index contributed by atoms with van der Waals surface area (Å²) in [5, 5.41) is 7.10. The van der Waals surface area contributed by atoms with Crippen molar-refractivity contribution in [2.45, 2.75) is 19.3 Å². The van der Waals surface area contributed by atoms with Gasteiger partial charge < -0.3 is 13.4 Å². The third-order valence-corrected chi connectivity index (χ3v) is 10.8. The third-order valence-electron chi connectivity index (χ3n) is 10.8. The molecule has 1 aliphatic carbocycles. The van der Waals surface area contributed by atoms with Crippen molar-refractivity contribution in [2.24, 2.45) is 0 Å². The van der Waals surface area contributed by atoms with Gasteiger partial charge in [-0.2, -0.15) is 0 Å². The van der Waals surface area contributed by atoms with Crippen LogP contribution in [0.1, 0.15) is 25.0 Å². The molecule has 226 valence electrons. The van der Waals surface area contributed by atoms with Gasteiger partial charge in [-0.25, -0.2) is 0 Å². The van der Waals surface area contributed by atoms with Gasteiger partial charge in [0.15, 0.2) is 0 Å². The molecule has 48 heavy (non-hydrogen) atoms. The zero-order valence-corrected chi connectivity index (χ0v) is 26.5. The van der Waals surface area contributed by atoms with E-state index in [1.54, 1.807) is 0 Å². The van der Waals surface area contributed by atoms with Gasteiger partial charge in [0.05, 0.1) is 22.1 Å². The van der Waals surface area contributed by atoms with E-state index in [0.717, 1.165) is 60.7 Å². The highest BCUT2D eigenvalue weighted by atomic mass is 16.3. The number of furan rings is 2. The first-order valence-electron chi connectivity index (χ1n) is 16.6. The standard InChI is InChI=1S/C45H29NO2/c1-45(2)34-13-6-3-10-28(34)30-21-22-37-43(44(30)45)31-12-4-7-14-35(31)46(37)36-15-9-17-40-42(36)32-20-18-27(25-41(32)48-40)26-19-23-39-33(24-26)29-11-5-8-16-38(29)47-39/h3-25H,1-2H3. The van der Waals surface area contributed by atoms with Crippen LogP contribution in [0.15, 0.2) is 148 Å². The molecule has 0 unspecified atom stereocenters. The normalized spacial score (nSPS) is 13.8. The number of hydrogen-bond acceptors (Lipinski definition) is 2. The predicted molar refractivity (Wildman–Crippen MR) is 198 cm³/mol. The molecule has 0 N–H and O–H groups in total. The molecule has 0 fully saturated rings. The molecule has 1 aliphatic rings. The summed E-state index contributed by atoms with van der Waals surface area (Å²) in [4.78, 5) is 0. The molecule has 3 heterocycles. The maximum atomic E-state index is 6.64. The van der Waals surface area contributed by atoms with Crippen LogP contribution in [-0.4, -0.2) is 4.57 Å². The first-order valence-corrected chi connectivity index (χ1v) is 16.6. The molecule has 3 aromatic heterocycles. The van der Waals surface area contributed by atoms with E-state index in [-0.39, 0.29) is 5.41 Å². The van der Waals surface area contributed by atoms with Gasteiger partial charge in [-0.15, -0.1) is 0 Å². The first-order chi connectivity index (χ1) is 23.6. The van der Waals surface area contributed by atoms with Crippen LogP contribution in [0.4, 0.5) is 0 Å². The number of rotatable bonds is 2. The SMILES string of the molecule is CC1(C)c2ccccc2-c2ccc3c(c21)c1ccccc1n3-c1cccc2oc3cc(-c4ccc5oc6ccccc6c5c4)ccc3c12. The van der Waals surface area contributed by atoms with Crippen molar-refractivity contribution < 1.29 is 8.83 Å². The Hall–Kier alpha value is -6.06. The van der Waals surface area contributed by atoms with E-state index in [9.17, 15) is 0 Å². The average Bonchev–Trinajstić information content (AvgIpc) is 3.84. The highest BCUT2D eigenvalue weighted by molar-refractivity contribution is 6.17. The van der Waals surface area contributed by atoms with E-state index in [0.29, 0.717) is 0 Å². The molecule has 0 atom stereocenters. The Kier molecular flexibility index (Phi) is 4.91. The van der Waals surface area contributed by atoms with E-state index in [1.165, 1.54) is 44.1 Å². The van der Waals surface area contributed by atoms with Crippen LogP contribution in [0.25, 0.3) is 93.6 Å². The van der Waals surface area contributed by atoms with Crippen molar-refractivity contribution >= 4 is 65.7 Å². The van der Waals surface area contributed by atoms with Gasteiger partial charge in [-0.3, -0.25) is 0 Å². The monoisotopic (exact) mass is 615 g/mol.